The molecule has 28 heavy (non-hydrogen) atoms. The molecule has 0 saturated heterocycles. The molecule has 0 heterocycles. The van der Waals surface area contributed by atoms with Crippen LogP contribution >= 0.6 is 0 Å². The van der Waals surface area contributed by atoms with Crippen LogP contribution in [0.2, 0.25) is 0 Å². The van der Waals surface area contributed by atoms with Gasteiger partial charge in [-0.3, -0.25) is 9.59 Å². The van der Waals surface area contributed by atoms with Crippen LogP contribution in [0.1, 0.15) is 30.9 Å². The summed E-state index contributed by atoms with van der Waals surface area (Å²) in [6, 6.07) is 18.8. The fourth-order valence-corrected chi connectivity index (χ4v) is 2.48. The van der Waals surface area contributed by atoms with Crippen LogP contribution in [-0.4, -0.2) is 30.9 Å². The maximum Gasteiger partial charge on any atom is 0.355 e. The fraction of sp³-hybridized carbons (Fsp3) is 0.227. The molecule has 2 aromatic carbocycles. The third-order valence-electron chi connectivity index (χ3n) is 3.95. The van der Waals surface area contributed by atoms with Crippen molar-refractivity contribution in [3.63, 3.8) is 0 Å². The molecular weight excluding hydrogens is 356 g/mol. The third-order valence-corrected chi connectivity index (χ3v) is 3.95. The van der Waals surface area contributed by atoms with E-state index in [-0.39, 0.29) is 11.6 Å². The Balaban J connectivity index is 1.88. The molecule has 0 aliphatic carbocycles. The Kier molecular flexibility index (Phi) is 7.96. The van der Waals surface area contributed by atoms with Crippen molar-refractivity contribution in [3.8, 4) is 0 Å². The molecule has 0 aromatic heterocycles. The van der Waals surface area contributed by atoms with Crippen molar-refractivity contribution in [3.05, 3.63) is 77.5 Å². The summed E-state index contributed by atoms with van der Waals surface area (Å²) in [5.41, 5.74) is 1.81. The highest BCUT2D eigenvalue weighted by Crippen LogP contribution is 2.13. The first-order chi connectivity index (χ1) is 13.5. The molecule has 146 valence electrons. The largest absolute Gasteiger partial charge is 0.451 e. The van der Waals surface area contributed by atoms with Crippen molar-refractivity contribution < 1.29 is 19.1 Å². The predicted octanol–water partition coefficient (Wildman–Crippen LogP) is 2.63. The molecule has 0 spiro atoms. The van der Waals surface area contributed by atoms with Gasteiger partial charge in [-0.2, -0.15) is 0 Å². The highest BCUT2D eigenvalue weighted by molar-refractivity contribution is 5.98. The SMILES string of the molecule is CC(=O)N/C(=C\c1ccccc1)C(=O)OCC(=O)NC[C@H](C)c1ccccc1. The molecule has 2 rings (SSSR count). The molecular formula is C22H24N2O4. The second-order valence-electron chi connectivity index (χ2n) is 6.34. The molecule has 2 aromatic rings. The Bertz CT molecular complexity index is 832. The predicted molar refractivity (Wildman–Crippen MR) is 107 cm³/mol. The normalized spacial score (nSPS) is 12.0. The zero-order valence-electron chi connectivity index (χ0n) is 16.0. The Labute approximate surface area is 164 Å². The standard InChI is InChI=1S/C22H24N2O4/c1-16(19-11-7-4-8-12-19)14-23-21(26)15-28-22(27)20(24-17(2)25)13-18-9-5-3-6-10-18/h3-13,16H,14-15H2,1-2H3,(H,23,26)(H,24,25)/b20-13-/t16-/m0/s1. The number of amides is 2. The average Bonchev–Trinajstić information content (AvgIpc) is 2.70. The maximum absolute atomic E-state index is 12.3. The van der Waals surface area contributed by atoms with E-state index in [0.717, 1.165) is 11.1 Å². The molecule has 0 unspecified atom stereocenters. The summed E-state index contributed by atoms with van der Waals surface area (Å²) < 4.78 is 5.04. The number of benzene rings is 2. The molecule has 0 saturated carbocycles. The molecule has 2 amide bonds. The Hall–Kier alpha value is -3.41. The molecule has 0 radical (unpaired) electrons. The maximum atomic E-state index is 12.3. The molecule has 0 fully saturated rings. The lowest BCUT2D eigenvalue weighted by Crippen LogP contribution is -2.33. The van der Waals surface area contributed by atoms with E-state index < -0.39 is 24.4 Å². The van der Waals surface area contributed by atoms with Crippen molar-refractivity contribution in [2.45, 2.75) is 19.8 Å². The smallest absolute Gasteiger partial charge is 0.355 e. The van der Waals surface area contributed by atoms with Gasteiger partial charge in [-0.05, 0) is 23.1 Å². The van der Waals surface area contributed by atoms with Gasteiger partial charge in [0.25, 0.3) is 5.91 Å². The first-order valence-electron chi connectivity index (χ1n) is 8.99. The lowest BCUT2D eigenvalue weighted by molar-refractivity contribution is -0.145. The topological polar surface area (TPSA) is 84.5 Å². The van der Waals surface area contributed by atoms with E-state index in [0.29, 0.717) is 6.54 Å². The van der Waals surface area contributed by atoms with E-state index in [2.05, 4.69) is 10.6 Å². The molecule has 6 nitrogen and oxygen atoms in total. The van der Waals surface area contributed by atoms with E-state index in [1.807, 2.05) is 55.5 Å². The molecule has 6 heteroatoms. The quantitative estimate of drug-likeness (QED) is 0.545. The Morgan fingerprint density at radius 1 is 1.00 bits per heavy atom. The van der Waals surface area contributed by atoms with Gasteiger partial charge in [0.1, 0.15) is 5.70 Å². The van der Waals surface area contributed by atoms with Crippen LogP contribution in [0.3, 0.4) is 0 Å². The van der Waals surface area contributed by atoms with E-state index in [1.54, 1.807) is 12.1 Å². The number of hydrogen-bond acceptors (Lipinski definition) is 4. The number of carbonyl (C=O) groups excluding carboxylic acids is 3. The van der Waals surface area contributed by atoms with Gasteiger partial charge in [0.05, 0.1) is 0 Å². The van der Waals surface area contributed by atoms with E-state index >= 15 is 0 Å². The number of nitrogens with one attached hydrogen (secondary N) is 2. The molecule has 1 atom stereocenters. The summed E-state index contributed by atoms with van der Waals surface area (Å²) in [7, 11) is 0. The van der Waals surface area contributed by atoms with Crippen LogP contribution in [-0.2, 0) is 19.1 Å². The van der Waals surface area contributed by atoms with Gasteiger partial charge in [0.15, 0.2) is 6.61 Å². The van der Waals surface area contributed by atoms with E-state index in [1.165, 1.54) is 13.0 Å². The first kappa shape index (κ1) is 20.9. The van der Waals surface area contributed by atoms with Crippen molar-refractivity contribution in [2.75, 3.05) is 13.2 Å². The van der Waals surface area contributed by atoms with Gasteiger partial charge in [-0.1, -0.05) is 67.6 Å². The van der Waals surface area contributed by atoms with Gasteiger partial charge in [0, 0.05) is 13.5 Å². The molecule has 2 N–H and O–H groups in total. The fourth-order valence-electron chi connectivity index (χ4n) is 2.48. The highest BCUT2D eigenvalue weighted by atomic mass is 16.5. The Morgan fingerprint density at radius 2 is 1.61 bits per heavy atom. The van der Waals surface area contributed by atoms with Crippen LogP contribution in [0.15, 0.2) is 66.4 Å². The van der Waals surface area contributed by atoms with Crippen LogP contribution in [0.5, 0.6) is 0 Å². The van der Waals surface area contributed by atoms with Gasteiger partial charge >= 0.3 is 5.97 Å². The summed E-state index contributed by atoms with van der Waals surface area (Å²) in [6.45, 7) is 3.30. The van der Waals surface area contributed by atoms with Crippen molar-refractivity contribution in [1.29, 1.82) is 0 Å². The summed E-state index contributed by atoms with van der Waals surface area (Å²) >= 11 is 0. The van der Waals surface area contributed by atoms with Crippen LogP contribution in [0.4, 0.5) is 0 Å². The van der Waals surface area contributed by atoms with Gasteiger partial charge in [-0.25, -0.2) is 4.79 Å². The lowest BCUT2D eigenvalue weighted by Gasteiger charge is -2.13. The molecule has 0 aliphatic heterocycles. The second kappa shape index (κ2) is 10.7. The summed E-state index contributed by atoms with van der Waals surface area (Å²) in [5, 5.41) is 5.18. The first-order valence-corrected chi connectivity index (χ1v) is 8.99. The summed E-state index contributed by atoms with van der Waals surface area (Å²) in [4.78, 5) is 35.6. The van der Waals surface area contributed by atoms with Crippen molar-refractivity contribution in [1.82, 2.24) is 10.6 Å². The van der Waals surface area contributed by atoms with Crippen molar-refractivity contribution >= 4 is 23.9 Å². The number of carbonyl (C=O) groups is 3. The van der Waals surface area contributed by atoms with E-state index in [4.69, 9.17) is 4.74 Å². The second-order valence-corrected chi connectivity index (χ2v) is 6.34. The summed E-state index contributed by atoms with van der Waals surface area (Å²) in [5.74, 6) is -1.45. The van der Waals surface area contributed by atoms with Crippen LogP contribution in [0.25, 0.3) is 6.08 Å². The minimum absolute atomic E-state index is 0.0239. The zero-order valence-corrected chi connectivity index (χ0v) is 16.0. The van der Waals surface area contributed by atoms with Crippen molar-refractivity contribution in [2.24, 2.45) is 0 Å². The van der Waals surface area contributed by atoms with Crippen LogP contribution < -0.4 is 10.6 Å². The third kappa shape index (κ3) is 7.07. The average molecular weight is 380 g/mol. The molecule has 0 bridgehead atoms. The highest BCUT2D eigenvalue weighted by Gasteiger charge is 2.15. The number of ether oxygens (including phenoxy) is 1. The van der Waals surface area contributed by atoms with E-state index in [9.17, 15) is 14.4 Å². The molecule has 0 aliphatic rings. The summed E-state index contributed by atoms with van der Waals surface area (Å²) in [6.07, 6.45) is 1.50. The monoisotopic (exact) mass is 380 g/mol. The van der Waals surface area contributed by atoms with Gasteiger partial charge < -0.3 is 15.4 Å². The number of rotatable bonds is 8. The zero-order chi connectivity index (χ0) is 20.4. The minimum Gasteiger partial charge on any atom is -0.451 e. The van der Waals surface area contributed by atoms with Crippen LogP contribution in [0, 0.1) is 0 Å². The minimum atomic E-state index is -0.773. The number of hydrogen-bond donors (Lipinski definition) is 2. The van der Waals surface area contributed by atoms with Gasteiger partial charge in [0.2, 0.25) is 5.91 Å². The van der Waals surface area contributed by atoms with Gasteiger partial charge in [-0.15, -0.1) is 0 Å². The number of esters is 1. The lowest BCUT2D eigenvalue weighted by atomic mass is 10.0. The Morgan fingerprint density at radius 3 is 2.21 bits per heavy atom.